The molecule has 0 aliphatic heterocycles. The van der Waals surface area contributed by atoms with Crippen molar-refractivity contribution in [1.29, 1.82) is 0 Å². The van der Waals surface area contributed by atoms with Gasteiger partial charge in [0.25, 0.3) is 5.56 Å². The van der Waals surface area contributed by atoms with E-state index >= 15 is 0 Å². The van der Waals surface area contributed by atoms with Crippen molar-refractivity contribution in [1.82, 2.24) is 9.78 Å². The van der Waals surface area contributed by atoms with Gasteiger partial charge in [0.1, 0.15) is 10.8 Å². The third-order valence-corrected chi connectivity index (χ3v) is 3.11. The van der Waals surface area contributed by atoms with Crippen molar-refractivity contribution in [3.63, 3.8) is 0 Å². The van der Waals surface area contributed by atoms with Gasteiger partial charge in [-0.25, -0.2) is 4.68 Å². The molecule has 0 spiro atoms. The predicted molar refractivity (Wildman–Crippen MR) is 75.3 cm³/mol. The Kier molecular flexibility index (Phi) is 4.60. The molecule has 0 saturated carbocycles. The summed E-state index contributed by atoms with van der Waals surface area (Å²) in [4.78, 5) is 12.0. The van der Waals surface area contributed by atoms with Gasteiger partial charge in [0.15, 0.2) is 0 Å². The molecule has 1 heterocycles. The van der Waals surface area contributed by atoms with Crippen LogP contribution in [0.25, 0.3) is 0 Å². The standard InChI is InChI=1S/C13H11ClF3N3O2/c1-18-10-6-19-20(12(21)11(10)14)7-8-2-4-9(5-3-8)22-13(15,16)17/h2-6,18H,7H2,1H3. The van der Waals surface area contributed by atoms with Crippen LogP contribution in [0.15, 0.2) is 35.3 Å². The number of benzene rings is 1. The number of hydrogen-bond acceptors (Lipinski definition) is 4. The van der Waals surface area contributed by atoms with Crippen LogP contribution in [-0.2, 0) is 6.54 Å². The maximum absolute atomic E-state index is 12.1. The van der Waals surface area contributed by atoms with Gasteiger partial charge in [0.05, 0.1) is 18.4 Å². The Morgan fingerprint density at radius 2 is 1.95 bits per heavy atom. The smallest absolute Gasteiger partial charge is 0.406 e. The molecular weight excluding hydrogens is 323 g/mol. The molecule has 0 unspecified atom stereocenters. The summed E-state index contributed by atoms with van der Waals surface area (Å²) in [6.07, 6.45) is -3.35. The molecule has 5 nitrogen and oxygen atoms in total. The van der Waals surface area contributed by atoms with E-state index in [2.05, 4.69) is 15.2 Å². The molecule has 0 bridgehead atoms. The number of halogens is 4. The van der Waals surface area contributed by atoms with Crippen molar-refractivity contribution in [2.45, 2.75) is 12.9 Å². The molecule has 0 atom stereocenters. The Morgan fingerprint density at radius 3 is 2.50 bits per heavy atom. The van der Waals surface area contributed by atoms with Crippen molar-refractivity contribution in [3.05, 3.63) is 51.4 Å². The summed E-state index contributed by atoms with van der Waals surface area (Å²) in [5, 5.41) is 6.65. The summed E-state index contributed by atoms with van der Waals surface area (Å²) in [6.45, 7) is 0.0782. The zero-order valence-electron chi connectivity index (χ0n) is 11.3. The number of rotatable bonds is 4. The molecule has 0 saturated heterocycles. The second-order valence-corrected chi connectivity index (χ2v) is 4.65. The summed E-state index contributed by atoms with van der Waals surface area (Å²) < 4.78 is 41.1. The summed E-state index contributed by atoms with van der Waals surface area (Å²) in [5.74, 6) is -0.333. The van der Waals surface area contributed by atoms with E-state index in [0.29, 0.717) is 11.3 Å². The zero-order chi connectivity index (χ0) is 16.3. The first-order chi connectivity index (χ1) is 10.3. The fourth-order valence-corrected chi connectivity index (χ4v) is 1.96. The van der Waals surface area contributed by atoms with Crippen LogP contribution < -0.4 is 15.6 Å². The molecule has 0 aliphatic rings. The van der Waals surface area contributed by atoms with Gasteiger partial charge in [-0.2, -0.15) is 5.10 Å². The first kappa shape index (κ1) is 16.2. The van der Waals surface area contributed by atoms with Gasteiger partial charge in [-0.3, -0.25) is 4.79 Å². The highest BCUT2D eigenvalue weighted by Crippen LogP contribution is 2.23. The number of hydrogen-bond donors (Lipinski definition) is 1. The lowest BCUT2D eigenvalue weighted by molar-refractivity contribution is -0.274. The molecule has 2 rings (SSSR count). The minimum absolute atomic E-state index is 0.00507. The minimum Gasteiger partial charge on any atom is -0.406 e. The van der Waals surface area contributed by atoms with E-state index in [1.807, 2.05) is 0 Å². The normalized spacial score (nSPS) is 11.3. The number of aromatic nitrogens is 2. The number of anilines is 1. The van der Waals surface area contributed by atoms with Gasteiger partial charge in [0.2, 0.25) is 0 Å². The van der Waals surface area contributed by atoms with Crippen molar-refractivity contribution in [3.8, 4) is 5.75 Å². The van der Waals surface area contributed by atoms with Crippen molar-refractivity contribution in [2.75, 3.05) is 12.4 Å². The number of nitrogens with one attached hydrogen (secondary N) is 1. The third kappa shape index (κ3) is 3.91. The van der Waals surface area contributed by atoms with Crippen LogP contribution in [0, 0.1) is 0 Å². The summed E-state index contributed by atoms with van der Waals surface area (Å²) in [5.41, 5.74) is 0.485. The van der Waals surface area contributed by atoms with Crippen LogP contribution in [0.2, 0.25) is 5.02 Å². The average Bonchev–Trinajstić information content (AvgIpc) is 2.45. The van der Waals surface area contributed by atoms with E-state index in [1.165, 1.54) is 18.3 Å². The maximum Gasteiger partial charge on any atom is 0.573 e. The zero-order valence-corrected chi connectivity index (χ0v) is 12.1. The first-order valence-corrected chi connectivity index (χ1v) is 6.46. The minimum atomic E-state index is -4.74. The fraction of sp³-hybridized carbons (Fsp3) is 0.231. The van der Waals surface area contributed by atoms with E-state index < -0.39 is 11.9 Å². The average molecular weight is 334 g/mol. The summed E-state index contributed by atoms with van der Waals surface area (Å²) in [6, 6.07) is 5.15. The highest BCUT2D eigenvalue weighted by Gasteiger charge is 2.30. The lowest BCUT2D eigenvalue weighted by atomic mass is 10.2. The molecule has 0 aliphatic carbocycles. The van der Waals surface area contributed by atoms with Crippen LogP contribution in [0.1, 0.15) is 5.56 Å². The van der Waals surface area contributed by atoms with Crippen LogP contribution in [-0.4, -0.2) is 23.2 Å². The van der Waals surface area contributed by atoms with Gasteiger partial charge in [-0.15, -0.1) is 13.2 Å². The Balaban J connectivity index is 2.18. The van der Waals surface area contributed by atoms with E-state index in [-0.39, 0.29) is 17.3 Å². The van der Waals surface area contributed by atoms with Crippen molar-refractivity contribution < 1.29 is 17.9 Å². The van der Waals surface area contributed by atoms with Crippen LogP contribution in [0.4, 0.5) is 18.9 Å². The molecule has 0 radical (unpaired) electrons. The second-order valence-electron chi connectivity index (χ2n) is 4.28. The SMILES string of the molecule is CNc1cnn(Cc2ccc(OC(F)(F)F)cc2)c(=O)c1Cl. The van der Waals surface area contributed by atoms with E-state index in [0.717, 1.165) is 16.8 Å². The fourth-order valence-electron chi connectivity index (χ4n) is 1.72. The molecule has 22 heavy (non-hydrogen) atoms. The predicted octanol–water partition coefficient (Wildman–Crippen LogP) is 2.89. The second kappa shape index (κ2) is 6.27. The maximum atomic E-state index is 12.1. The summed E-state index contributed by atoms with van der Waals surface area (Å²) >= 11 is 5.88. The molecule has 1 N–H and O–H groups in total. The quantitative estimate of drug-likeness (QED) is 0.934. The molecule has 0 fully saturated rings. The van der Waals surface area contributed by atoms with Crippen LogP contribution in [0.3, 0.4) is 0 Å². The number of ether oxygens (including phenoxy) is 1. The number of alkyl halides is 3. The Bertz CT molecular complexity index is 714. The Labute approximate surface area is 128 Å². The highest BCUT2D eigenvalue weighted by atomic mass is 35.5. The van der Waals surface area contributed by atoms with E-state index in [9.17, 15) is 18.0 Å². The largest absolute Gasteiger partial charge is 0.573 e. The Hall–Kier alpha value is -2.22. The molecule has 1 aromatic heterocycles. The van der Waals surface area contributed by atoms with E-state index in [4.69, 9.17) is 11.6 Å². The lowest BCUT2D eigenvalue weighted by Crippen LogP contribution is -2.24. The topological polar surface area (TPSA) is 56.1 Å². The molecule has 118 valence electrons. The van der Waals surface area contributed by atoms with Gasteiger partial charge >= 0.3 is 6.36 Å². The molecular formula is C13H11ClF3N3O2. The van der Waals surface area contributed by atoms with Gasteiger partial charge in [0, 0.05) is 7.05 Å². The van der Waals surface area contributed by atoms with Crippen LogP contribution >= 0.6 is 11.6 Å². The van der Waals surface area contributed by atoms with Gasteiger partial charge in [-0.05, 0) is 17.7 Å². The monoisotopic (exact) mass is 333 g/mol. The highest BCUT2D eigenvalue weighted by molar-refractivity contribution is 6.32. The number of nitrogens with zero attached hydrogens (tertiary/aromatic N) is 2. The Morgan fingerprint density at radius 1 is 1.32 bits per heavy atom. The lowest BCUT2D eigenvalue weighted by Gasteiger charge is -2.10. The first-order valence-electron chi connectivity index (χ1n) is 6.08. The van der Waals surface area contributed by atoms with Gasteiger partial charge in [-0.1, -0.05) is 23.7 Å². The van der Waals surface area contributed by atoms with Crippen LogP contribution in [0.5, 0.6) is 5.75 Å². The third-order valence-electron chi connectivity index (χ3n) is 2.74. The van der Waals surface area contributed by atoms with E-state index in [1.54, 1.807) is 7.05 Å². The van der Waals surface area contributed by atoms with Crippen molar-refractivity contribution in [2.24, 2.45) is 0 Å². The molecule has 9 heteroatoms. The molecule has 0 amide bonds. The molecule has 2 aromatic rings. The summed E-state index contributed by atoms with van der Waals surface area (Å²) in [7, 11) is 1.60. The molecule has 1 aromatic carbocycles. The van der Waals surface area contributed by atoms with Gasteiger partial charge < -0.3 is 10.1 Å². The van der Waals surface area contributed by atoms with Crippen molar-refractivity contribution >= 4 is 17.3 Å².